The molecule has 1 heterocycles. The summed E-state index contributed by atoms with van der Waals surface area (Å²) in [5.41, 5.74) is 1.07. The summed E-state index contributed by atoms with van der Waals surface area (Å²) in [6.45, 7) is 15.4. The van der Waals surface area contributed by atoms with E-state index in [0.717, 1.165) is 5.56 Å². The molecule has 0 saturated carbocycles. The third kappa shape index (κ3) is 5.55. The molecule has 0 unspecified atom stereocenters. The van der Waals surface area contributed by atoms with Gasteiger partial charge in [0.2, 0.25) is 5.91 Å². The number of amides is 2. The Kier molecular flexibility index (Phi) is 7.23. The van der Waals surface area contributed by atoms with Crippen molar-refractivity contribution in [2.45, 2.75) is 57.8 Å². The Morgan fingerprint density at radius 3 is 2.57 bits per heavy atom. The van der Waals surface area contributed by atoms with Gasteiger partial charge < -0.3 is 9.16 Å². The van der Waals surface area contributed by atoms with E-state index in [1.807, 2.05) is 30.3 Å². The van der Waals surface area contributed by atoms with Crippen LogP contribution in [0.3, 0.4) is 0 Å². The van der Waals surface area contributed by atoms with Gasteiger partial charge in [-0.2, -0.15) is 0 Å². The summed E-state index contributed by atoms with van der Waals surface area (Å²) in [4.78, 5) is 26.3. The third-order valence-electron chi connectivity index (χ3n) is 5.78. The molecule has 0 aromatic heterocycles. The molecule has 1 aromatic carbocycles. The molecular formula is C22H33NO4Si. The van der Waals surface area contributed by atoms with Gasteiger partial charge in [0, 0.05) is 18.9 Å². The molecule has 6 heteroatoms. The Hall–Kier alpha value is -1.92. The lowest BCUT2D eigenvalue weighted by atomic mass is 10.0. The van der Waals surface area contributed by atoms with Crippen LogP contribution >= 0.6 is 0 Å². The van der Waals surface area contributed by atoms with E-state index in [0.29, 0.717) is 13.0 Å². The Morgan fingerprint density at radius 1 is 1.36 bits per heavy atom. The minimum absolute atomic E-state index is 0.0995. The summed E-state index contributed by atoms with van der Waals surface area (Å²) in [5, 5.41) is 0.0995. The zero-order valence-electron chi connectivity index (χ0n) is 17.7. The Balaban J connectivity index is 1.99. The maximum absolute atomic E-state index is 12.9. The highest BCUT2D eigenvalue weighted by Crippen LogP contribution is 2.37. The monoisotopic (exact) mass is 403 g/mol. The summed E-state index contributed by atoms with van der Waals surface area (Å²) >= 11 is 0. The summed E-state index contributed by atoms with van der Waals surface area (Å²) in [7, 11) is -1.91. The van der Waals surface area contributed by atoms with E-state index in [2.05, 4.69) is 40.4 Å². The molecular weight excluding hydrogens is 370 g/mol. The summed E-state index contributed by atoms with van der Waals surface area (Å²) < 4.78 is 11.4. The number of nitrogens with zero attached hydrogens (tertiary/aromatic N) is 1. The molecule has 1 aliphatic rings. The molecule has 2 atom stereocenters. The lowest BCUT2D eigenvalue weighted by molar-refractivity contribution is -0.130. The molecule has 1 saturated heterocycles. The average molecular weight is 404 g/mol. The molecule has 5 nitrogen and oxygen atoms in total. The van der Waals surface area contributed by atoms with Crippen LogP contribution in [0.15, 0.2) is 43.0 Å². The van der Waals surface area contributed by atoms with E-state index in [1.165, 1.54) is 4.90 Å². The van der Waals surface area contributed by atoms with Crippen molar-refractivity contribution in [1.29, 1.82) is 0 Å². The quantitative estimate of drug-likeness (QED) is 0.462. The molecule has 0 N–H and O–H groups in total. The van der Waals surface area contributed by atoms with E-state index < -0.39 is 14.4 Å². The number of cyclic esters (lactones) is 1. The molecule has 0 bridgehead atoms. The number of carbonyl (C=O) groups is 2. The van der Waals surface area contributed by atoms with Crippen molar-refractivity contribution < 1.29 is 18.8 Å². The van der Waals surface area contributed by atoms with E-state index in [-0.39, 0.29) is 35.9 Å². The first-order valence-electron chi connectivity index (χ1n) is 9.84. The van der Waals surface area contributed by atoms with Crippen LogP contribution in [0.4, 0.5) is 4.79 Å². The molecule has 2 amide bonds. The fraction of sp³-hybridized carbons (Fsp3) is 0.545. The predicted octanol–water partition coefficient (Wildman–Crippen LogP) is 4.79. The molecule has 0 radical (unpaired) electrons. The van der Waals surface area contributed by atoms with E-state index in [4.69, 9.17) is 9.16 Å². The van der Waals surface area contributed by atoms with Gasteiger partial charge in [0.05, 0.1) is 6.04 Å². The third-order valence-corrected chi connectivity index (χ3v) is 10.3. The average Bonchev–Trinajstić information content (AvgIpc) is 2.98. The minimum Gasteiger partial charge on any atom is -0.447 e. The SMILES string of the molecule is C=C[C@H](CO[Si](C)(C)C(C)(C)C)CC(=O)N1C(=O)OC[C@@H]1Cc1ccccc1. The first kappa shape index (κ1) is 22.4. The number of hydrogen-bond donors (Lipinski definition) is 0. The Labute approximate surface area is 169 Å². The normalized spacial score (nSPS) is 18.7. The maximum atomic E-state index is 12.9. The highest BCUT2D eigenvalue weighted by molar-refractivity contribution is 6.74. The van der Waals surface area contributed by atoms with Gasteiger partial charge >= 0.3 is 6.09 Å². The van der Waals surface area contributed by atoms with Crippen molar-refractivity contribution >= 4 is 20.3 Å². The maximum Gasteiger partial charge on any atom is 0.416 e. The van der Waals surface area contributed by atoms with Gasteiger partial charge in [-0.1, -0.05) is 57.2 Å². The van der Waals surface area contributed by atoms with Crippen LogP contribution in [0, 0.1) is 5.92 Å². The Bertz CT molecular complexity index is 696. The lowest BCUT2D eigenvalue weighted by Gasteiger charge is -2.37. The van der Waals surface area contributed by atoms with Crippen LogP contribution in [0.25, 0.3) is 0 Å². The number of rotatable bonds is 8. The zero-order chi connectivity index (χ0) is 20.9. The topological polar surface area (TPSA) is 55.8 Å². The van der Waals surface area contributed by atoms with Gasteiger partial charge in [-0.15, -0.1) is 6.58 Å². The summed E-state index contributed by atoms with van der Waals surface area (Å²) in [6.07, 6.45) is 1.98. The van der Waals surface area contributed by atoms with Crippen molar-refractivity contribution in [3.8, 4) is 0 Å². The van der Waals surface area contributed by atoms with Gasteiger partial charge in [0.1, 0.15) is 6.61 Å². The standard InChI is InChI=1S/C22H33NO4Si/c1-7-17(15-27-28(5,6)22(2,3)4)14-20(24)23-19(16-26-21(23)25)13-18-11-9-8-10-12-18/h7-12,17,19H,1,13-16H2,2-6H3/t17-,19-/m0/s1. The van der Waals surface area contributed by atoms with Gasteiger partial charge in [-0.05, 0) is 30.1 Å². The molecule has 28 heavy (non-hydrogen) atoms. The van der Waals surface area contributed by atoms with Crippen LogP contribution in [-0.4, -0.2) is 44.5 Å². The summed E-state index contributed by atoms with van der Waals surface area (Å²) in [6, 6.07) is 9.56. The molecule has 1 aliphatic heterocycles. The van der Waals surface area contributed by atoms with E-state index in [9.17, 15) is 9.59 Å². The van der Waals surface area contributed by atoms with E-state index in [1.54, 1.807) is 6.08 Å². The number of benzene rings is 1. The van der Waals surface area contributed by atoms with Crippen molar-refractivity contribution in [2.24, 2.45) is 5.92 Å². The largest absolute Gasteiger partial charge is 0.447 e. The van der Waals surface area contributed by atoms with Gasteiger partial charge in [0.25, 0.3) is 0 Å². The number of hydrogen-bond acceptors (Lipinski definition) is 4. The number of imide groups is 1. The second kappa shape index (κ2) is 9.05. The zero-order valence-corrected chi connectivity index (χ0v) is 18.7. The van der Waals surface area contributed by atoms with Crippen LogP contribution in [0.1, 0.15) is 32.8 Å². The predicted molar refractivity (Wildman–Crippen MR) is 114 cm³/mol. The van der Waals surface area contributed by atoms with Crippen molar-refractivity contribution in [2.75, 3.05) is 13.2 Å². The molecule has 0 spiro atoms. The fourth-order valence-electron chi connectivity index (χ4n) is 2.87. The highest BCUT2D eigenvalue weighted by atomic mass is 28.4. The lowest BCUT2D eigenvalue weighted by Crippen LogP contribution is -2.43. The van der Waals surface area contributed by atoms with Crippen molar-refractivity contribution in [1.82, 2.24) is 4.90 Å². The second-order valence-corrected chi connectivity index (χ2v) is 13.8. The Morgan fingerprint density at radius 2 is 2.00 bits per heavy atom. The van der Waals surface area contributed by atoms with Gasteiger partial charge in [-0.25, -0.2) is 9.69 Å². The first-order valence-corrected chi connectivity index (χ1v) is 12.7. The molecule has 154 valence electrons. The molecule has 1 fully saturated rings. The number of ether oxygens (including phenoxy) is 1. The van der Waals surface area contributed by atoms with Gasteiger partial charge in [0.15, 0.2) is 8.32 Å². The van der Waals surface area contributed by atoms with Crippen LogP contribution < -0.4 is 0 Å². The highest BCUT2D eigenvalue weighted by Gasteiger charge is 2.40. The molecule has 2 rings (SSSR count). The smallest absolute Gasteiger partial charge is 0.416 e. The summed E-state index contributed by atoms with van der Waals surface area (Å²) in [5.74, 6) is -0.362. The molecule has 1 aromatic rings. The van der Waals surface area contributed by atoms with Crippen LogP contribution in [0.2, 0.25) is 18.1 Å². The first-order chi connectivity index (χ1) is 13.0. The second-order valence-electron chi connectivity index (χ2n) is 8.96. The number of carbonyl (C=O) groups excluding carboxylic acids is 2. The molecule has 0 aliphatic carbocycles. The fourth-order valence-corrected chi connectivity index (χ4v) is 3.93. The van der Waals surface area contributed by atoms with Crippen LogP contribution in [-0.2, 0) is 20.4 Å². The van der Waals surface area contributed by atoms with Crippen molar-refractivity contribution in [3.05, 3.63) is 48.6 Å². The van der Waals surface area contributed by atoms with Gasteiger partial charge in [-0.3, -0.25) is 4.79 Å². The van der Waals surface area contributed by atoms with Crippen molar-refractivity contribution in [3.63, 3.8) is 0 Å². The van der Waals surface area contributed by atoms with E-state index >= 15 is 0 Å². The van der Waals surface area contributed by atoms with Crippen LogP contribution in [0.5, 0.6) is 0 Å². The minimum atomic E-state index is -1.91.